The SMILES string of the molecule is CCOC=Cc1csc(C(=O)OC)c1F. The van der Waals surface area contributed by atoms with E-state index in [0.29, 0.717) is 12.2 Å². The molecule has 0 unspecified atom stereocenters. The summed E-state index contributed by atoms with van der Waals surface area (Å²) in [5, 5.41) is 1.54. The van der Waals surface area contributed by atoms with Gasteiger partial charge in [-0.2, -0.15) is 0 Å². The summed E-state index contributed by atoms with van der Waals surface area (Å²) in [6.45, 7) is 2.35. The molecule has 1 heterocycles. The molecule has 0 fully saturated rings. The Morgan fingerprint density at radius 1 is 1.67 bits per heavy atom. The van der Waals surface area contributed by atoms with E-state index in [-0.39, 0.29) is 4.88 Å². The highest BCUT2D eigenvalue weighted by Crippen LogP contribution is 2.22. The van der Waals surface area contributed by atoms with Crippen molar-refractivity contribution >= 4 is 23.4 Å². The molecule has 3 nitrogen and oxygen atoms in total. The molecular weight excluding hydrogens is 219 g/mol. The third-order valence-electron chi connectivity index (χ3n) is 1.64. The van der Waals surface area contributed by atoms with Crippen molar-refractivity contribution in [3.8, 4) is 0 Å². The maximum absolute atomic E-state index is 13.5. The highest BCUT2D eigenvalue weighted by molar-refractivity contribution is 7.12. The van der Waals surface area contributed by atoms with Crippen LogP contribution in [0, 0.1) is 5.82 Å². The largest absolute Gasteiger partial charge is 0.501 e. The third-order valence-corrected chi connectivity index (χ3v) is 2.59. The van der Waals surface area contributed by atoms with Gasteiger partial charge < -0.3 is 9.47 Å². The predicted molar refractivity (Wildman–Crippen MR) is 56.3 cm³/mol. The first kappa shape index (κ1) is 11.7. The molecule has 0 aliphatic rings. The maximum Gasteiger partial charge on any atom is 0.351 e. The maximum atomic E-state index is 13.5. The number of carbonyl (C=O) groups is 1. The number of ether oxygens (including phenoxy) is 2. The summed E-state index contributed by atoms with van der Waals surface area (Å²) in [4.78, 5) is 11.1. The summed E-state index contributed by atoms with van der Waals surface area (Å²) < 4.78 is 22.9. The molecule has 15 heavy (non-hydrogen) atoms. The number of thiophene rings is 1. The third kappa shape index (κ3) is 2.79. The van der Waals surface area contributed by atoms with Crippen LogP contribution >= 0.6 is 11.3 Å². The lowest BCUT2D eigenvalue weighted by molar-refractivity contribution is 0.0601. The molecule has 0 radical (unpaired) electrons. The Labute approximate surface area is 91.1 Å². The highest BCUT2D eigenvalue weighted by Gasteiger charge is 2.17. The number of carbonyl (C=O) groups excluding carboxylic acids is 1. The Morgan fingerprint density at radius 3 is 3.00 bits per heavy atom. The predicted octanol–water partition coefficient (Wildman–Crippen LogP) is 2.68. The van der Waals surface area contributed by atoms with E-state index in [1.165, 1.54) is 24.8 Å². The number of methoxy groups -OCH3 is 1. The summed E-state index contributed by atoms with van der Waals surface area (Å²) in [7, 11) is 1.22. The van der Waals surface area contributed by atoms with E-state index < -0.39 is 11.8 Å². The average Bonchev–Trinajstić information content (AvgIpc) is 2.60. The molecule has 82 valence electrons. The fourth-order valence-electron chi connectivity index (χ4n) is 0.917. The first-order valence-corrected chi connectivity index (χ1v) is 5.22. The van der Waals surface area contributed by atoms with Gasteiger partial charge in [0.2, 0.25) is 0 Å². The van der Waals surface area contributed by atoms with Gasteiger partial charge in [0.25, 0.3) is 0 Å². The van der Waals surface area contributed by atoms with E-state index in [4.69, 9.17) is 4.74 Å². The van der Waals surface area contributed by atoms with Crippen LogP contribution in [0.2, 0.25) is 0 Å². The molecule has 0 aliphatic heterocycles. The molecule has 0 aromatic carbocycles. The Balaban J connectivity index is 2.84. The molecule has 0 aliphatic carbocycles. The van der Waals surface area contributed by atoms with Crippen molar-refractivity contribution in [3.63, 3.8) is 0 Å². The smallest absolute Gasteiger partial charge is 0.351 e. The lowest BCUT2D eigenvalue weighted by Crippen LogP contribution is -2.00. The minimum Gasteiger partial charge on any atom is -0.501 e. The van der Waals surface area contributed by atoms with Gasteiger partial charge in [0.05, 0.1) is 20.0 Å². The van der Waals surface area contributed by atoms with Gasteiger partial charge in [-0.15, -0.1) is 11.3 Å². The molecular formula is C10H11FO3S. The standard InChI is InChI=1S/C10H11FO3S/c1-3-14-5-4-7-6-15-9(8(7)11)10(12)13-2/h4-6H,3H2,1-2H3. The Bertz CT molecular complexity index is 371. The van der Waals surface area contributed by atoms with Crippen molar-refractivity contribution in [1.82, 2.24) is 0 Å². The molecule has 5 heteroatoms. The first-order valence-electron chi connectivity index (χ1n) is 4.34. The monoisotopic (exact) mass is 230 g/mol. The van der Waals surface area contributed by atoms with Crippen molar-refractivity contribution in [2.24, 2.45) is 0 Å². The van der Waals surface area contributed by atoms with Crippen LogP contribution in [-0.4, -0.2) is 19.7 Å². The fourth-order valence-corrected chi connectivity index (χ4v) is 1.75. The van der Waals surface area contributed by atoms with E-state index >= 15 is 0 Å². The van der Waals surface area contributed by atoms with Gasteiger partial charge in [-0.25, -0.2) is 9.18 Å². The molecule has 0 spiro atoms. The molecule has 0 saturated carbocycles. The first-order chi connectivity index (χ1) is 7.20. The van der Waals surface area contributed by atoms with Gasteiger partial charge in [0.1, 0.15) is 4.88 Å². The van der Waals surface area contributed by atoms with Crippen LogP contribution < -0.4 is 0 Å². The second-order valence-electron chi connectivity index (χ2n) is 2.58. The normalized spacial score (nSPS) is 10.6. The zero-order valence-corrected chi connectivity index (χ0v) is 9.27. The van der Waals surface area contributed by atoms with Crippen LogP contribution in [0.1, 0.15) is 22.2 Å². The van der Waals surface area contributed by atoms with Gasteiger partial charge in [0.15, 0.2) is 5.82 Å². The van der Waals surface area contributed by atoms with Gasteiger partial charge in [0, 0.05) is 10.9 Å². The van der Waals surface area contributed by atoms with Crippen molar-refractivity contribution in [2.45, 2.75) is 6.92 Å². The molecule has 1 aromatic rings. The van der Waals surface area contributed by atoms with Crippen molar-refractivity contribution in [3.05, 3.63) is 27.9 Å². The van der Waals surface area contributed by atoms with E-state index in [0.717, 1.165) is 11.3 Å². The minimum atomic E-state index is -0.659. The summed E-state index contributed by atoms with van der Waals surface area (Å²) in [5.74, 6) is -1.23. The quantitative estimate of drug-likeness (QED) is 0.589. The number of hydrogen-bond donors (Lipinski definition) is 0. The van der Waals surface area contributed by atoms with Gasteiger partial charge >= 0.3 is 5.97 Å². The van der Waals surface area contributed by atoms with Crippen LogP contribution in [0.25, 0.3) is 6.08 Å². The van der Waals surface area contributed by atoms with Crippen molar-refractivity contribution in [1.29, 1.82) is 0 Å². The van der Waals surface area contributed by atoms with Crippen molar-refractivity contribution < 1.29 is 18.7 Å². The average molecular weight is 230 g/mol. The number of hydrogen-bond acceptors (Lipinski definition) is 4. The van der Waals surface area contributed by atoms with E-state index in [2.05, 4.69) is 4.74 Å². The van der Waals surface area contributed by atoms with Gasteiger partial charge in [-0.05, 0) is 13.0 Å². The Morgan fingerprint density at radius 2 is 2.40 bits per heavy atom. The van der Waals surface area contributed by atoms with Crippen LogP contribution in [0.3, 0.4) is 0 Å². The lowest BCUT2D eigenvalue weighted by Gasteiger charge is -1.94. The topological polar surface area (TPSA) is 35.5 Å². The van der Waals surface area contributed by atoms with Gasteiger partial charge in [-0.3, -0.25) is 0 Å². The van der Waals surface area contributed by atoms with Crippen LogP contribution in [-0.2, 0) is 9.47 Å². The van der Waals surface area contributed by atoms with E-state index in [1.807, 2.05) is 6.92 Å². The molecule has 0 amide bonds. The van der Waals surface area contributed by atoms with E-state index in [1.54, 1.807) is 0 Å². The van der Waals surface area contributed by atoms with Crippen LogP contribution in [0.15, 0.2) is 11.6 Å². The zero-order chi connectivity index (χ0) is 11.3. The molecule has 0 N–H and O–H groups in total. The molecule has 1 rings (SSSR count). The molecule has 0 atom stereocenters. The van der Waals surface area contributed by atoms with Crippen LogP contribution in [0.4, 0.5) is 4.39 Å². The van der Waals surface area contributed by atoms with E-state index in [9.17, 15) is 9.18 Å². The highest BCUT2D eigenvalue weighted by atomic mass is 32.1. The number of esters is 1. The minimum absolute atomic E-state index is 0.0198. The Kier molecular flexibility index (Phi) is 4.30. The summed E-state index contributed by atoms with van der Waals surface area (Å²) in [5.41, 5.74) is 0.328. The summed E-state index contributed by atoms with van der Waals surface area (Å²) in [6.07, 6.45) is 2.87. The number of rotatable bonds is 4. The lowest BCUT2D eigenvalue weighted by atomic mass is 10.3. The van der Waals surface area contributed by atoms with Crippen molar-refractivity contribution in [2.75, 3.05) is 13.7 Å². The Hall–Kier alpha value is -1.36. The van der Waals surface area contributed by atoms with Crippen LogP contribution in [0.5, 0.6) is 0 Å². The second-order valence-corrected chi connectivity index (χ2v) is 3.46. The number of halogens is 1. The second kappa shape index (κ2) is 5.50. The zero-order valence-electron chi connectivity index (χ0n) is 8.45. The summed E-state index contributed by atoms with van der Waals surface area (Å²) in [6, 6.07) is 0. The summed E-state index contributed by atoms with van der Waals surface area (Å²) >= 11 is 1.01. The molecule has 0 saturated heterocycles. The van der Waals surface area contributed by atoms with Gasteiger partial charge in [-0.1, -0.05) is 0 Å². The fraction of sp³-hybridized carbons (Fsp3) is 0.300. The molecule has 1 aromatic heterocycles. The molecule has 0 bridgehead atoms.